The molecular weight excluding hydrogens is 304 g/mol. The van der Waals surface area contributed by atoms with Crippen LogP contribution in [0.15, 0.2) is 24.3 Å². The molecule has 0 radical (unpaired) electrons. The van der Waals surface area contributed by atoms with Crippen LogP contribution < -0.4 is 5.32 Å². The third kappa shape index (κ3) is 3.29. The van der Waals surface area contributed by atoms with Crippen LogP contribution in [-0.2, 0) is 6.42 Å². The minimum Gasteiger partial charge on any atom is -0.312 e. The first-order chi connectivity index (χ1) is 9.02. The van der Waals surface area contributed by atoms with E-state index in [1.165, 1.54) is 17.4 Å². The van der Waals surface area contributed by atoms with Crippen LogP contribution in [0.3, 0.4) is 0 Å². The summed E-state index contributed by atoms with van der Waals surface area (Å²) in [7, 11) is 1.85. The largest absolute Gasteiger partial charge is 0.312 e. The molecule has 1 N–H and O–H groups in total. The Morgan fingerprint density at radius 2 is 2.11 bits per heavy atom. The first-order valence-electron chi connectivity index (χ1n) is 5.89. The second-order valence-electron chi connectivity index (χ2n) is 4.35. The minimum atomic E-state index is -0.271. The standard InChI is InChI=1S/C14H14Cl2FNS/c1-8-6-13(19-14(8)16)12(18-2)7-9-10(15)4-3-5-11(9)17/h3-6,12,18H,7H2,1-2H3. The Morgan fingerprint density at radius 1 is 1.37 bits per heavy atom. The summed E-state index contributed by atoms with van der Waals surface area (Å²) in [4.78, 5) is 1.09. The van der Waals surface area contributed by atoms with Gasteiger partial charge in [0.05, 0.1) is 4.34 Å². The molecule has 1 nitrogen and oxygen atoms in total. The molecule has 1 atom stereocenters. The topological polar surface area (TPSA) is 12.0 Å². The van der Waals surface area contributed by atoms with Crippen LogP contribution in [0.25, 0.3) is 0 Å². The lowest BCUT2D eigenvalue weighted by Crippen LogP contribution is -2.18. The molecular formula is C14H14Cl2FNS. The molecule has 0 fully saturated rings. The van der Waals surface area contributed by atoms with Gasteiger partial charge in [0, 0.05) is 21.5 Å². The fourth-order valence-electron chi connectivity index (χ4n) is 1.93. The van der Waals surface area contributed by atoms with Gasteiger partial charge in [-0.2, -0.15) is 0 Å². The number of benzene rings is 1. The van der Waals surface area contributed by atoms with Gasteiger partial charge in [-0.15, -0.1) is 11.3 Å². The Bertz CT molecular complexity index is 543. The van der Waals surface area contributed by atoms with E-state index in [0.717, 1.165) is 14.8 Å². The molecule has 2 aromatic rings. The van der Waals surface area contributed by atoms with Crippen molar-refractivity contribution in [3.8, 4) is 0 Å². The highest BCUT2D eigenvalue weighted by atomic mass is 35.5. The lowest BCUT2D eigenvalue weighted by Gasteiger charge is -2.16. The third-order valence-corrected chi connectivity index (χ3v) is 5.06. The molecule has 1 aromatic heterocycles. The minimum absolute atomic E-state index is 0.00519. The Balaban J connectivity index is 2.29. The highest BCUT2D eigenvalue weighted by Crippen LogP contribution is 2.33. The van der Waals surface area contributed by atoms with E-state index in [-0.39, 0.29) is 11.9 Å². The van der Waals surface area contributed by atoms with E-state index in [0.29, 0.717) is 17.0 Å². The zero-order valence-corrected chi connectivity index (χ0v) is 13.0. The van der Waals surface area contributed by atoms with Crippen molar-refractivity contribution in [3.05, 3.63) is 55.4 Å². The van der Waals surface area contributed by atoms with Gasteiger partial charge in [0.25, 0.3) is 0 Å². The Kier molecular flexibility index (Phi) is 4.85. The first kappa shape index (κ1) is 14.8. The molecule has 1 aromatic carbocycles. The maximum absolute atomic E-state index is 13.8. The molecule has 0 aliphatic heterocycles. The van der Waals surface area contributed by atoms with Crippen molar-refractivity contribution >= 4 is 34.5 Å². The number of likely N-dealkylation sites (N-methyl/N-ethyl adjacent to an activating group) is 1. The summed E-state index contributed by atoms with van der Waals surface area (Å²) in [5.74, 6) is -0.271. The summed E-state index contributed by atoms with van der Waals surface area (Å²) in [5.41, 5.74) is 1.58. The Morgan fingerprint density at radius 3 is 2.63 bits per heavy atom. The molecule has 102 valence electrons. The molecule has 0 spiro atoms. The van der Waals surface area contributed by atoms with E-state index in [4.69, 9.17) is 23.2 Å². The number of nitrogens with one attached hydrogen (secondary N) is 1. The monoisotopic (exact) mass is 317 g/mol. The molecule has 0 bridgehead atoms. The first-order valence-corrected chi connectivity index (χ1v) is 7.46. The van der Waals surface area contributed by atoms with Crippen molar-refractivity contribution in [3.63, 3.8) is 0 Å². The number of thiophene rings is 1. The van der Waals surface area contributed by atoms with Crippen LogP contribution in [0.5, 0.6) is 0 Å². The maximum Gasteiger partial charge on any atom is 0.127 e. The van der Waals surface area contributed by atoms with Gasteiger partial charge in [0.15, 0.2) is 0 Å². The van der Waals surface area contributed by atoms with Crippen LogP contribution in [-0.4, -0.2) is 7.05 Å². The highest BCUT2D eigenvalue weighted by Gasteiger charge is 2.18. The zero-order chi connectivity index (χ0) is 14.0. The van der Waals surface area contributed by atoms with Crippen molar-refractivity contribution in [1.29, 1.82) is 0 Å². The maximum atomic E-state index is 13.8. The molecule has 0 aliphatic rings. The van der Waals surface area contributed by atoms with Crippen molar-refractivity contribution in [2.24, 2.45) is 0 Å². The van der Waals surface area contributed by atoms with Gasteiger partial charge in [0.1, 0.15) is 5.82 Å². The van der Waals surface area contributed by atoms with Gasteiger partial charge >= 0.3 is 0 Å². The molecule has 1 unspecified atom stereocenters. The van der Waals surface area contributed by atoms with Crippen LogP contribution in [0.4, 0.5) is 4.39 Å². The summed E-state index contributed by atoms with van der Waals surface area (Å²) in [6.45, 7) is 1.96. The fourth-order valence-corrected chi connectivity index (χ4v) is 3.50. The number of hydrogen-bond donors (Lipinski definition) is 1. The Hall–Kier alpha value is -0.610. The van der Waals surface area contributed by atoms with Gasteiger partial charge in [0.2, 0.25) is 0 Å². The Labute approximate surface area is 126 Å². The number of rotatable bonds is 4. The second-order valence-corrected chi connectivity index (χ2v) is 6.44. The zero-order valence-electron chi connectivity index (χ0n) is 10.6. The molecule has 5 heteroatoms. The summed E-state index contributed by atoms with van der Waals surface area (Å²) < 4.78 is 14.6. The number of halogens is 3. The third-order valence-electron chi connectivity index (χ3n) is 3.04. The highest BCUT2D eigenvalue weighted by molar-refractivity contribution is 7.16. The van der Waals surface area contributed by atoms with Crippen LogP contribution in [0.2, 0.25) is 9.36 Å². The molecule has 0 aliphatic carbocycles. The number of aryl methyl sites for hydroxylation is 1. The van der Waals surface area contributed by atoms with E-state index >= 15 is 0 Å². The second kappa shape index (κ2) is 6.23. The van der Waals surface area contributed by atoms with Gasteiger partial charge in [-0.25, -0.2) is 4.39 Å². The lowest BCUT2D eigenvalue weighted by atomic mass is 10.0. The molecule has 0 saturated heterocycles. The van der Waals surface area contributed by atoms with Gasteiger partial charge < -0.3 is 5.32 Å². The smallest absolute Gasteiger partial charge is 0.127 e. The summed E-state index contributed by atoms with van der Waals surface area (Å²) in [5, 5.41) is 3.65. The summed E-state index contributed by atoms with van der Waals surface area (Å²) in [6.07, 6.45) is 0.498. The average molecular weight is 318 g/mol. The molecule has 2 rings (SSSR count). The quantitative estimate of drug-likeness (QED) is 0.836. The summed E-state index contributed by atoms with van der Waals surface area (Å²) >= 11 is 13.7. The van der Waals surface area contributed by atoms with Crippen molar-refractivity contribution in [2.75, 3.05) is 7.05 Å². The normalized spacial score (nSPS) is 12.7. The molecule has 0 amide bonds. The average Bonchev–Trinajstić information content (AvgIpc) is 2.69. The van der Waals surface area contributed by atoms with E-state index in [1.807, 2.05) is 20.0 Å². The van der Waals surface area contributed by atoms with Crippen LogP contribution >= 0.6 is 34.5 Å². The number of hydrogen-bond acceptors (Lipinski definition) is 2. The molecule has 19 heavy (non-hydrogen) atoms. The lowest BCUT2D eigenvalue weighted by molar-refractivity contribution is 0.560. The van der Waals surface area contributed by atoms with Crippen molar-refractivity contribution in [1.82, 2.24) is 5.32 Å². The van der Waals surface area contributed by atoms with E-state index < -0.39 is 0 Å². The molecule has 0 saturated carbocycles. The van der Waals surface area contributed by atoms with Crippen molar-refractivity contribution in [2.45, 2.75) is 19.4 Å². The predicted octanol–water partition coefficient (Wildman–Crippen LogP) is 5.01. The molecule has 1 heterocycles. The summed E-state index contributed by atoms with van der Waals surface area (Å²) in [6, 6.07) is 6.79. The fraction of sp³-hybridized carbons (Fsp3) is 0.286. The van der Waals surface area contributed by atoms with E-state index in [2.05, 4.69) is 5.32 Å². The van der Waals surface area contributed by atoms with E-state index in [1.54, 1.807) is 12.1 Å². The van der Waals surface area contributed by atoms with Crippen LogP contribution in [0.1, 0.15) is 22.0 Å². The van der Waals surface area contributed by atoms with Gasteiger partial charge in [-0.05, 0) is 44.2 Å². The van der Waals surface area contributed by atoms with Crippen molar-refractivity contribution < 1.29 is 4.39 Å². The van der Waals surface area contributed by atoms with Gasteiger partial charge in [-0.3, -0.25) is 0 Å². The van der Waals surface area contributed by atoms with Crippen LogP contribution in [0, 0.1) is 12.7 Å². The van der Waals surface area contributed by atoms with E-state index in [9.17, 15) is 4.39 Å². The van der Waals surface area contributed by atoms with Gasteiger partial charge in [-0.1, -0.05) is 29.3 Å². The predicted molar refractivity (Wildman–Crippen MR) is 81.0 cm³/mol. The SMILES string of the molecule is CNC(Cc1c(F)cccc1Cl)c1cc(C)c(Cl)s1.